The Kier molecular flexibility index (Phi) is 3.03. The van der Waals surface area contributed by atoms with Crippen LogP contribution in [0.5, 0.6) is 0 Å². The first-order chi connectivity index (χ1) is 9.15. The Morgan fingerprint density at radius 1 is 1.16 bits per heavy atom. The standard InChI is InChI=1S/C15H13BrN2O/c1-9-5-7-10(8-6-9)17-14-13-11(16)3-2-4-12(13)18-15(14)19/h2-8,14,17H,1H3,(H,18,19). The first-order valence-electron chi connectivity index (χ1n) is 6.07. The van der Waals surface area contributed by atoms with Crippen molar-refractivity contribution in [3.63, 3.8) is 0 Å². The zero-order valence-corrected chi connectivity index (χ0v) is 12.0. The topological polar surface area (TPSA) is 41.1 Å². The summed E-state index contributed by atoms with van der Waals surface area (Å²) < 4.78 is 0.938. The quantitative estimate of drug-likeness (QED) is 0.883. The summed E-state index contributed by atoms with van der Waals surface area (Å²) in [5, 5.41) is 6.16. The molecule has 2 aromatic rings. The van der Waals surface area contributed by atoms with Gasteiger partial charge in [-0.05, 0) is 31.2 Å². The Labute approximate surface area is 120 Å². The van der Waals surface area contributed by atoms with Gasteiger partial charge in [0.2, 0.25) is 0 Å². The average molecular weight is 317 g/mol. The fourth-order valence-electron chi connectivity index (χ4n) is 2.23. The zero-order chi connectivity index (χ0) is 13.4. The summed E-state index contributed by atoms with van der Waals surface area (Å²) in [6, 6.07) is 13.4. The van der Waals surface area contributed by atoms with Crippen molar-refractivity contribution in [2.45, 2.75) is 13.0 Å². The molecule has 1 aliphatic heterocycles. The molecular formula is C15H13BrN2O. The second-order valence-electron chi connectivity index (χ2n) is 4.63. The molecule has 1 atom stereocenters. The largest absolute Gasteiger partial charge is 0.370 e. The van der Waals surface area contributed by atoms with Gasteiger partial charge in [0, 0.05) is 21.4 Å². The summed E-state index contributed by atoms with van der Waals surface area (Å²) in [6.45, 7) is 2.04. The minimum absolute atomic E-state index is 0.0255. The molecule has 1 aliphatic rings. The van der Waals surface area contributed by atoms with Gasteiger partial charge in [0.15, 0.2) is 0 Å². The number of halogens is 1. The fraction of sp³-hybridized carbons (Fsp3) is 0.133. The van der Waals surface area contributed by atoms with Crippen LogP contribution in [0.1, 0.15) is 17.2 Å². The third-order valence-corrected chi connectivity index (χ3v) is 3.92. The van der Waals surface area contributed by atoms with Crippen LogP contribution in [0.15, 0.2) is 46.9 Å². The van der Waals surface area contributed by atoms with Crippen LogP contribution in [0.3, 0.4) is 0 Å². The number of benzene rings is 2. The summed E-state index contributed by atoms with van der Waals surface area (Å²) in [7, 11) is 0. The Hall–Kier alpha value is -1.81. The molecule has 0 bridgehead atoms. The molecule has 3 rings (SSSR count). The summed E-state index contributed by atoms with van der Waals surface area (Å²) in [4.78, 5) is 12.1. The van der Waals surface area contributed by atoms with Crippen LogP contribution in [-0.4, -0.2) is 5.91 Å². The molecule has 96 valence electrons. The maximum atomic E-state index is 12.1. The van der Waals surface area contributed by atoms with Gasteiger partial charge >= 0.3 is 0 Å². The summed E-state index contributed by atoms with van der Waals surface area (Å²) in [5.41, 5.74) is 3.97. The van der Waals surface area contributed by atoms with Crippen molar-refractivity contribution < 1.29 is 4.79 Å². The Bertz CT molecular complexity index is 637. The van der Waals surface area contributed by atoms with E-state index in [1.807, 2.05) is 49.4 Å². The third kappa shape index (κ3) is 2.24. The zero-order valence-electron chi connectivity index (χ0n) is 10.4. The van der Waals surface area contributed by atoms with Crippen LogP contribution >= 0.6 is 15.9 Å². The van der Waals surface area contributed by atoms with E-state index >= 15 is 0 Å². The van der Waals surface area contributed by atoms with Crippen molar-refractivity contribution in [2.75, 3.05) is 10.6 Å². The molecule has 4 heteroatoms. The van der Waals surface area contributed by atoms with E-state index < -0.39 is 0 Å². The molecule has 1 heterocycles. The molecule has 1 amide bonds. The Morgan fingerprint density at radius 2 is 1.89 bits per heavy atom. The number of aryl methyl sites for hydroxylation is 1. The van der Waals surface area contributed by atoms with Crippen molar-refractivity contribution in [2.24, 2.45) is 0 Å². The first kappa shape index (κ1) is 12.2. The Morgan fingerprint density at radius 3 is 2.63 bits per heavy atom. The molecule has 0 spiro atoms. The summed E-state index contributed by atoms with van der Waals surface area (Å²) >= 11 is 3.51. The second kappa shape index (κ2) is 4.70. The molecule has 0 fully saturated rings. The molecule has 3 nitrogen and oxygen atoms in total. The molecule has 2 aromatic carbocycles. The van der Waals surface area contributed by atoms with Crippen LogP contribution in [-0.2, 0) is 4.79 Å². The lowest BCUT2D eigenvalue weighted by atomic mass is 10.1. The second-order valence-corrected chi connectivity index (χ2v) is 5.49. The smallest absolute Gasteiger partial charge is 0.251 e. The number of rotatable bonds is 2. The summed E-state index contributed by atoms with van der Waals surface area (Å²) in [5.74, 6) is -0.0255. The maximum Gasteiger partial charge on any atom is 0.251 e. The lowest BCUT2D eigenvalue weighted by Crippen LogP contribution is -2.19. The summed E-state index contributed by atoms with van der Waals surface area (Å²) in [6.07, 6.45) is 0. The molecule has 0 saturated heterocycles. The maximum absolute atomic E-state index is 12.1. The number of carbonyl (C=O) groups is 1. The van der Waals surface area contributed by atoms with E-state index in [-0.39, 0.29) is 11.9 Å². The minimum Gasteiger partial charge on any atom is -0.370 e. The van der Waals surface area contributed by atoms with E-state index in [4.69, 9.17) is 0 Å². The predicted molar refractivity (Wildman–Crippen MR) is 80.3 cm³/mol. The van der Waals surface area contributed by atoms with Gasteiger partial charge in [-0.2, -0.15) is 0 Å². The van der Waals surface area contributed by atoms with Gasteiger partial charge in [0.25, 0.3) is 5.91 Å². The van der Waals surface area contributed by atoms with E-state index in [0.29, 0.717) is 0 Å². The highest BCUT2D eigenvalue weighted by molar-refractivity contribution is 9.10. The molecule has 0 saturated carbocycles. The molecule has 0 aliphatic carbocycles. The molecule has 1 unspecified atom stereocenters. The van der Waals surface area contributed by atoms with E-state index in [0.717, 1.165) is 21.4 Å². The Balaban J connectivity index is 1.94. The normalized spacial score (nSPS) is 16.9. The van der Waals surface area contributed by atoms with Crippen LogP contribution in [0.25, 0.3) is 0 Å². The molecular weight excluding hydrogens is 304 g/mol. The lowest BCUT2D eigenvalue weighted by Gasteiger charge is -2.14. The van der Waals surface area contributed by atoms with Crippen molar-refractivity contribution in [3.8, 4) is 0 Å². The monoisotopic (exact) mass is 316 g/mol. The highest BCUT2D eigenvalue weighted by Gasteiger charge is 2.32. The molecule has 0 aromatic heterocycles. The van der Waals surface area contributed by atoms with Crippen LogP contribution in [0.2, 0.25) is 0 Å². The number of nitrogens with one attached hydrogen (secondary N) is 2. The van der Waals surface area contributed by atoms with Gasteiger partial charge < -0.3 is 10.6 Å². The van der Waals surface area contributed by atoms with Gasteiger partial charge in [-0.1, -0.05) is 39.7 Å². The number of hydrogen-bond donors (Lipinski definition) is 2. The lowest BCUT2D eigenvalue weighted by molar-refractivity contribution is -0.116. The number of hydrogen-bond acceptors (Lipinski definition) is 2. The van der Waals surface area contributed by atoms with Gasteiger partial charge in [-0.25, -0.2) is 0 Å². The van der Waals surface area contributed by atoms with Gasteiger partial charge in [0.05, 0.1) is 0 Å². The third-order valence-electron chi connectivity index (χ3n) is 3.22. The molecule has 2 N–H and O–H groups in total. The fourth-order valence-corrected chi connectivity index (χ4v) is 2.82. The highest BCUT2D eigenvalue weighted by atomic mass is 79.9. The number of anilines is 2. The van der Waals surface area contributed by atoms with E-state index in [9.17, 15) is 4.79 Å². The number of amides is 1. The predicted octanol–water partition coefficient (Wildman–Crippen LogP) is 3.86. The van der Waals surface area contributed by atoms with Gasteiger partial charge in [-0.15, -0.1) is 0 Å². The van der Waals surface area contributed by atoms with Crippen molar-refractivity contribution >= 4 is 33.2 Å². The number of carbonyl (C=O) groups excluding carboxylic acids is 1. The molecule has 0 radical (unpaired) electrons. The average Bonchev–Trinajstić information content (AvgIpc) is 2.70. The SMILES string of the molecule is Cc1ccc(NC2C(=O)Nc3cccc(Br)c32)cc1. The van der Waals surface area contributed by atoms with Crippen LogP contribution in [0, 0.1) is 6.92 Å². The first-order valence-corrected chi connectivity index (χ1v) is 6.87. The van der Waals surface area contributed by atoms with Gasteiger partial charge in [-0.3, -0.25) is 4.79 Å². The van der Waals surface area contributed by atoms with Crippen LogP contribution in [0.4, 0.5) is 11.4 Å². The number of fused-ring (bicyclic) bond motifs is 1. The highest BCUT2D eigenvalue weighted by Crippen LogP contribution is 2.38. The van der Waals surface area contributed by atoms with E-state index in [2.05, 4.69) is 26.6 Å². The molecule has 19 heavy (non-hydrogen) atoms. The van der Waals surface area contributed by atoms with E-state index in [1.165, 1.54) is 5.56 Å². The van der Waals surface area contributed by atoms with Crippen molar-refractivity contribution in [1.82, 2.24) is 0 Å². The van der Waals surface area contributed by atoms with Crippen LogP contribution < -0.4 is 10.6 Å². The van der Waals surface area contributed by atoms with Crippen molar-refractivity contribution in [3.05, 3.63) is 58.1 Å². The minimum atomic E-state index is -0.353. The van der Waals surface area contributed by atoms with Crippen molar-refractivity contribution in [1.29, 1.82) is 0 Å². The van der Waals surface area contributed by atoms with Gasteiger partial charge in [0.1, 0.15) is 6.04 Å². The van der Waals surface area contributed by atoms with E-state index in [1.54, 1.807) is 0 Å².